The van der Waals surface area contributed by atoms with Gasteiger partial charge in [-0.3, -0.25) is 0 Å². The third-order valence-electron chi connectivity index (χ3n) is 11.2. The van der Waals surface area contributed by atoms with Gasteiger partial charge in [-0.1, -0.05) is 206 Å². The van der Waals surface area contributed by atoms with Crippen LogP contribution in [0.15, 0.2) is 224 Å². The van der Waals surface area contributed by atoms with Gasteiger partial charge in [0.25, 0.3) is 0 Å². The maximum absolute atomic E-state index is 5.40. The molecule has 1 aliphatic rings. The molecule has 0 radical (unpaired) electrons. The highest BCUT2D eigenvalue weighted by molar-refractivity contribution is 5.96. The molecule has 1 nitrogen and oxygen atoms in total. The molecule has 0 saturated heterocycles. The zero-order valence-corrected chi connectivity index (χ0v) is 30.3. The summed E-state index contributed by atoms with van der Waals surface area (Å²) in [7, 11) is 0. The summed E-state index contributed by atoms with van der Waals surface area (Å²) in [6, 6.07) is 81.2. The summed E-state index contributed by atoms with van der Waals surface area (Å²) in [5, 5.41) is 0. The Hall–Kier alpha value is -7.09. The van der Waals surface area contributed by atoms with Crippen LogP contribution in [0.3, 0.4) is 0 Å². The molecule has 1 heteroatoms. The minimum atomic E-state index is -0.472. The number of hydrogen-bond donors (Lipinski definition) is 0. The fourth-order valence-corrected chi connectivity index (χ4v) is 8.67. The molecule has 9 aromatic rings. The first-order valence-corrected chi connectivity index (χ1v) is 19.0. The van der Waals surface area contributed by atoms with Gasteiger partial charge in [0.15, 0.2) is 0 Å². The van der Waals surface area contributed by atoms with Gasteiger partial charge >= 0.3 is 0 Å². The highest BCUT2D eigenvalue weighted by Gasteiger charge is 2.46. The van der Waals surface area contributed by atoms with E-state index in [0.717, 1.165) is 28.1 Å². The Labute approximate surface area is 322 Å². The van der Waals surface area contributed by atoms with E-state index >= 15 is 0 Å². The van der Waals surface area contributed by atoms with Crippen molar-refractivity contribution >= 4 is 0 Å². The molecule has 0 fully saturated rings. The van der Waals surface area contributed by atoms with Crippen molar-refractivity contribution in [2.24, 2.45) is 0 Å². The fraction of sp³-hybridized carbons (Fsp3) is 0.0185. The molecule has 55 heavy (non-hydrogen) atoms. The molecule has 1 aromatic heterocycles. The lowest BCUT2D eigenvalue weighted by atomic mass is 9.67. The minimum Gasteiger partial charge on any atom is -0.248 e. The average molecular weight is 700 g/mol. The predicted octanol–water partition coefficient (Wildman–Crippen LogP) is 13.8. The van der Waals surface area contributed by atoms with Crippen molar-refractivity contribution in [2.75, 3.05) is 0 Å². The van der Waals surface area contributed by atoms with Crippen molar-refractivity contribution in [3.63, 3.8) is 0 Å². The molecule has 0 atom stereocenters. The van der Waals surface area contributed by atoms with Gasteiger partial charge in [0, 0.05) is 11.1 Å². The van der Waals surface area contributed by atoms with Gasteiger partial charge in [0.2, 0.25) is 0 Å². The van der Waals surface area contributed by atoms with E-state index in [1.54, 1.807) is 0 Å². The molecule has 1 heterocycles. The Kier molecular flexibility index (Phi) is 8.12. The summed E-state index contributed by atoms with van der Waals surface area (Å²) in [5.74, 6) is 0. The van der Waals surface area contributed by atoms with Gasteiger partial charge in [-0.05, 0) is 85.0 Å². The number of fused-ring (bicyclic) bond motifs is 3. The summed E-state index contributed by atoms with van der Waals surface area (Å²) in [4.78, 5) is 5.40. The van der Waals surface area contributed by atoms with Gasteiger partial charge in [-0.15, -0.1) is 0 Å². The Morgan fingerprint density at radius 2 is 0.709 bits per heavy atom. The van der Waals surface area contributed by atoms with Gasteiger partial charge in [0.1, 0.15) is 0 Å². The van der Waals surface area contributed by atoms with Crippen LogP contribution >= 0.6 is 0 Å². The van der Waals surface area contributed by atoms with Crippen LogP contribution in [0.25, 0.3) is 67.0 Å². The third kappa shape index (κ3) is 5.61. The Morgan fingerprint density at radius 3 is 1.36 bits per heavy atom. The molecule has 0 spiro atoms. The van der Waals surface area contributed by atoms with Crippen LogP contribution in [0.5, 0.6) is 0 Å². The Bertz CT molecular complexity index is 2730. The van der Waals surface area contributed by atoms with Crippen LogP contribution in [0.2, 0.25) is 0 Å². The Morgan fingerprint density at radius 1 is 0.273 bits per heavy atom. The summed E-state index contributed by atoms with van der Waals surface area (Å²) < 4.78 is 0. The van der Waals surface area contributed by atoms with Crippen LogP contribution < -0.4 is 0 Å². The fourth-order valence-electron chi connectivity index (χ4n) is 8.67. The molecule has 10 rings (SSSR count). The van der Waals surface area contributed by atoms with Crippen molar-refractivity contribution < 1.29 is 0 Å². The average Bonchev–Trinajstić information content (AvgIpc) is 3.59. The Balaban J connectivity index is 1.21. The topological polar surface area (TPSA) is 12.9 Å². The largest absolute Gasteiger partial charge is 0.248 e. The molecular weight excluding hydrogens is 663 g/mol. The van der Waals surface area contributed by atoms with E-state index < -0.39 is 5.41 Å². The van der Waals surface area contributed by atoms with Gasteiger partial charge in [-0.25, -0.2) is 4.98 Å². The van der Waals surface area contributed by atoms with E-state index in [9.17, 15) is 0 Å². The summed E-state index contributed by atoms with van der Waals surface area (Å²) >= 11 is 0. The highest BCUT2D eigenvalue weighted by Crippen LogP contribution is 2.58. The quantitative estimate of drug-likeness (QED) is 0.161. The minimum absolute atomic E-state index is 0.472. The maximum atomic E-state index is 5.40. The number of hydrogen-bond acceptors (Lipinski definition) is 1. The van der Waals surface area contributed by atoms with Crippen molar-refractivity contribution in [3.8, 4) is 67.0 Å². The smallest absolute Gasteiger partial charge is 0.0715 e. The van der Waals surface area contributed by atoms with Crippen LogP contribution in [0.1, 0.15) is 22.3 Å². The zero-order valence-electron chi connectivity index (χ0n) is 30.3. The second-order valence-corrected chi connectivity index (χ2v) is 14.3. The first kappa shape index (κ1) is 32.6. The lowest BCUT2D eigenvalue weighted by Gasteiger charge is -2.34. The SMILES string of the molecule is c1ccc(-c2ccc(-c3cc(-c4cccc5c4-c4ccccc4C5(c4ccccc4)c4ccccc4)cc(-c4cccc(-c5ccccc5)c4)n3)cc2)cc1. The predicted molar refractivity (Wildman–Crippen MR) is 229 cm³/mol. The number of benzene rings is 8. The first-order chi connectivity index (χ1) is 27.3. The van der Waals surface area contributed by atoms with Crippen molar-refractivity contribution in [2.45, 2.75) is 5.41 Å². The molecule has 1 aliphatic carbocycles. The summed E-state index contributed by atoms with van der Waals surface area (Å²) in [6.07, 6.45) is 0. The first-order valence-electron chi connectivity index (χ1n) is 19.0. The van der Waals surface area contributed by atoms with Gasteiger partial charge < -0.3 is 0 Å². The molecule has 258 valence electrons. The normalized spacial score (nSPS) is 12.5. The van der Waals surface area contributed by atoms with E-state index in [4.69, 9.17) is 4.98 Å². The molecular formula is C54H37N. The van der Waals surface area contributed by atoms with E-state index in [1.165, 1.54) is 61.2 Å². The number of rotatable bonds is 7. The maximum Gasteiger partial charge on any atom is 0.0715 e. The third-order valence-corrected chi connectivity index (χ3v) is 11.2. The van der Waals surface area contributed by atoms with Crippen LogP contribution in [-0.2, 0) is 5.41 Å². The van der Waals surface area contributed by atoms with Gasteiger partial charge in [-0.2, -0.15) is 0 Å². The summed E-state index contributed by atoms with van der Waals surface area (Å²) in [6.45, 7) is 0. The number of nitrogens with zero attached hydrogens (tertiary/aromatic N) is 1. The zero-order chi connectivity index (χ0) is 36.6. The van der Waals surface area contributed by atoms with Gasteiger partial charge in [0.05, 0.1) is 16.8 Å². The lowest BCUT2D eigenvalue weighted by molar-refractivity contribution is 0.768. The van der Waals surface area contributed by atoms with Crippen molar-refractivity contribution in [3.05, 3.63) is 247 Å². The molecule has 8 aromatic carbocycles. The molecule has 0 bridgehead atoms. The van der Waals surface area contributed by atoms with Crippen molar-refractivity contribution in [1.29, 1.82) is 0 Å². The standard InChI is InChI=1S/C54H37N/c1-5-17-38(18-6-1)40-31-33-41(34-32-40)51-36-44(37-52(55-51)43-22-15-21-42(35-43)39-19-7-2-8-20-39)47-28-16-30-50-53(47)48-27-13-14-29-49(48)54(50,45-23-9-3-10-24-45)46-25-11-4-12-26-46/h1-37H. The van der Waals surface area contributed by atoms with Crippen molar-refractivity contribution in [1.82, 2.24) is 4.98 Å². The number of pyridine rings is 1. The molecule has 0 aliphatic heterocycles. The molecule has 0 amide bonds. The van der Waals surface area contributed by atoms with E-state index in [-0.39, 0.29) is 0 Å². The molecule has 0 N–H and O–H groups in total. The van der Waals surface area contributed by atoms with Crippen LogP contribution in [-0.4, -0.2) is 4.98 Å². The van der Waals surface area contributed by atoms with E-state index in [1.807, 2.05) is 0 Å². The van der Waals surface area contributed by atoms with E-state index in [2.05, 4.69) is 224 Å². The lowest BCUT2D eigenvalue weighted by Crippen LogP contribution is -2.28. The van der Waals surface area contributed by atoms with E-state index in [0.29, 0.717) is 0 Å². The molecule has 0 saturated carbocycles. The number of aromatic nitrogens is 1. The van der Waals surface area contributed by atoms with Crippen LogP contribution in [0, 0.1) is 0 Å². The monoisotopic (exact) mass is 699 g/mol. The second kappa shape index (κ2) is 13.7. The second-order valence-electron chi connectivity index (χ2n) is 14.3. The highest BCUT2D eigenvalue weighted by atomic mass is 14.7. The molecule has 0 unspecified atom stereocenters. The van der Waals surface area contributed by atoms with Crippen LogP contribution in [0.4, 0.5) is 0 Å². The summed E-state index contributed by atoms with van der Waals surface area (Å²) in [5.41, 5.74) is 18.3.